The molecule has 2 N–H and O–H groups in total. The number of fused-ring (bicyclic) bond motifs is 1. The van der Waals surface area contributed by atoms with Gasteiger partial charge in [-0.05, 0) is 51.2 Å². The zero-order valence-corrected chi connectivity index (χ0v) is 10.8. The van der Waals surface area contributed by atoms with Gasteiger partial charge in [-0.15, -0.1) is 0 Å². The first-order valence-electron chi connectivity index (χ1n) is 6.71. The van der Waals surface area contributed by atoms with Gasteiger partial charge in [0.1, 0.15) is 0 Å². The van der Waals surface area contributed by atoms with Crippen LogP contribution in [-0.2, 0) is 16.7 Å². The summed E-state index contributed by atoms with van der Waals surface area (Å²) in [6.45, 7) is 5.36. The molecule has 3 nitrogen and oxygen atoms in total. The summed E-state index contributed by atoms with van der Waals surface area (Å²) in [4.78, 5) is 0. The van der Waals surface area contributed by atoms with Crippen molar-refractivity contribution >= 4 is 0 Å². The van der Waals surface area contributed by atoms with Crippen molar-refractivity contribution in [2.45, 2.75) is 57.2 Å². The highest BCUT2D eigenvalue weighted by Crippen LogP contribution is 2.38. The third-order valence-electron chi connectivity index (χ3n) is 4.76. The van der Waals surface area contributed by atoms with E-state index >= 15 is 0 Å². The summed E-state index contributed by atoms with van der Waals surface area (Å²) in [5, 5.41) is 0. The van der Waals surface area contributed by atoms with E-state index in [4.69, 9.17) is 10.5 Å². The third kappa shape index (κ3) is 1.56. The van der Waals surface area contributed by atoms with Crippen LogP contribution in [0.1, 0.15) is 50.4 Å². The van der Waals surface area contributed by atoms with Crippen LogP contribution in [0, 0.1) is 0 Å². The lowest BCUT2D eigenvalue weighted by Crippen LogP contribution is -2.38. The van der Waals surface area contributed by atoms with E-state index in [1.807, 2.05) is 0 Å². The van der Waals surface area contributed by atoms with Gasteiger partial charge in [-0.3, -0.25) is 0 Å². The van der Waals surface area contributed by atoms with E-state index in [1.54, 1.807) is 0 Å². The average Bonchev–Trinajstić information content (AvgIpc) is 2.86. The van der Waals surface area contributed by atoms with E-state index in [2.05, 4.69) is 30.7 Å². The minimum atomic E-state index is 0.116. The average molecular weight is 234 g/mol. The molecule has 1 fully saturated rings. The van der Waals surface area contributed by atoms with Gasteiger partial charge in [0.05, 0.1) is 11.6 Å². The number of nitrogens with two attached hydrogens (primary N) is 1. The van der Waals surface area contributed by atoms with Gasteiger partial charge in [-0.1, -0.05) is 0 Å². The van der Waals surface area contributed by atoms with Gasteiger partial charge in [0.25, 0.3) is 0 Å². The fourth-order valence-electron chi connectivity index (χ4n) is 3.35. The molecular formula is C14H22N2O. The van der Waals surface area contributed by atoms with Crippen molar-refractivity contribution in [2.24, 2.45) is 5.73 Å². The molecule has 1 saturated heterocycles. The van der Waals surface area contributed by atoms with Gasteiger partial charge < -0.3 is 15.0 Å². The van der Waals surface area contributed by atoms with Gasteiger partial charge in [-0.2, -0.15) is 0 Å². The lowest BCUT2D eigenvalue weighted by molar-refractivity contribution is 0.0748. The first kappa shape index (κ1) is 11.3. The number of ether oxygens (including phenoxy) is 1. The normalized spacial score (nSPS) is 37.1. The van der Waals surface area contributed by atoms with Crippen LogP contribution in [0.5, 0.6) is 0 Å². The first-order valence-corrected chi connectivity index (χ1v) is 6.71. The van der Waals surface area contributed by atoms with Crippen molar-refractivity contribution in [3.63, 3.8) is 0 Å². The molecule has 1 aromatic rings. The molecule has 0 aromatic carbocycles. The number of aromatic nitrogens is 1. The Morgan fingerprint density at radius 1 is 1.53 bits per heavy atom. The van der Waals surface area contributed by atoms with Crippen LogP contribution in [0.25, 0.3) is 0 Å². The topological polar surface area (TPSA) is 40.2 Å². The van der Waals surface area contributed by atoms with E-state index in [1.165, 1.54) is 24.1 Å². The Hall–Kier alpha value is -0.800. The standard InChI is InChI=1S/C14H22N2O/c1-10-14(2,7-9-17-10)16-8-6-11-12(15)4-3-5-13(11)16/h6,8,10,12H,3-5,7,9,15H2,1-2H3. The van der Waals surface area contributed by atoms with Crippen molar-refractivity contribution in [3.05, 3.63) is 23.5 Å². The van der Waals surface area contributed by atoms with Crippen LogP contribution in [0.4, 0.5) is 0 Å². The van der Waals surface area contributed by atoms with Crippen LogP contribution >= 0.6 is 0 Å². The molecule has 0 radical (unpaired) electrons. The number of nitrogens with zero attached hydrogens (tertiary/aromatic N) is 1. The molecule has 0 amide bonds. The molecule has 17 heavy (non-hydrogen) atoms. The molecule has 3 heteroatoms. The molecular weight excluding hydrogens is 212 g/mol. The van der Waals surface area contributed by atoms with Gasteiger partial charge in [0.15, 0.2) is 0 Å². The highest BCUT2D eigenvalue weighted by Gasteiger charge is 2.40. The second kappa shape index (κ2) is 3.85. The van der Waals surface area contributed by atoms with E-state index in [9.17, 15) is 0 Å². The third-order valence-corrected chi connectivity index (χ3v) is 4.76. The van der Waals surface area contributed by atoms with Crippen molar-refractivity contribution in [1.82, 2.24) is 4.57 Å². The van der Waals surface area contributed by atoms with E-state index < -0.39 is 0 Å². The summed E-state index contributed by atoms with van der Waals surface area (Å²) >= 11 is 0. The molecule has 3 rings (SSSR count). The van der Waals surface area contributed by atoms with E-state index in [0.29, 0.717) is 0 Å². The van der Waals surface area contributed by atoms with Crippen LogP contribution in [0.2, 0.25) is 0 Å². The van der Waals surface area contributed by atoms with Crippen molar-refractivity contribution in [2.75, 3.05) is 6.61 Å². The molecule has 2 aliphatic rings. The Balaban J connectivity index is 2.04. The first-order chi connectivity index (χ1) is 8.13. The number of rotatable bonds is 1. The Morgan fingerprint density at radius 3 is 3.06 bits per heavy atom. The minimum absolute atomic E-state index is 0.116. The summed E-state index contributed by atoms with van der Waals surface area (Å²) in [5.41, 5.74) is 9.11. The maximum absolute atomic E-state index is 6.19. The van der Waals surface area contributed by atoms with Crippen molar-refractivity contribution in [3.8, 4) is 0 Å². The molecule has 1 aromatic heterocycles. The highest BCUT2D eigenvalue weighted by molar-refractivity contribution is 5.30. The van der Waals surface area contributed by atoms with Crippen molar-refractivity contribution in [1.29, 1.82) is 0 Å². The number of hydrogen-bond donors (Lipinski definition) is 1. The second-order valence-corrected chi connectivity index (χ2v) is 5.71. The quantitative estimate of drug-likeness (QED) is 0.810. The fraction of sp³-hybridized carbons (Fsp3) is 0.714. The summed E-state index contributed by atoms with van der Waals surface area (Å²) in [6, 6.07) is 2.45. The molecule has 0 bridgehead atoms. The van der Waals surface area contributed by atoms with Crippen LogP contribution in [-0.4, -0.2) is 17.3 Å². The van der Waals surface area contributed by atoms with E-state index in [-0.39, 0.29) is 17.7 Å². The minimum Gasteiger partial charge on any atom is -0.376 e. The number of hydrogen-bond acceptors (Lipinski definition) is 2. The molecule has 1 aliphatic carbocycles. The van der Waals surface area contributed by atoms with Gasteiger partial charge >= 0.3 is 0 Å². The zero-order chi connectivity index (χ0) is 12.0. The molecule has 94 valence electrons. The summed E-state index contributed by atoms with van der Waals surface area (Å²) in [7, 11) is 0. The Bertz CT molecular complexity index is 426. The van der Waals surface area contributed by atoms with Crippen LogP contribution in [0.15, 0.2) is 12.3 Å². The maximum atomic E-state index is 6.19. The van der Waals surface area contributed by atoms with Crippen molar-refractivity contribution < 1.29 is 4.74 Å². The lowest BCUT2D eigenvalue weighted by atomic mass is 9.90. The second-order valence-electron chi connectivity index (χ2n) is 5.71. The smallest absolute Gasteiger partial charge is 0.0780 e. The predicted molar refractivity (Wildman–Crippen MR) is 68.0 cm³/mol. The Labute approximate surface area is 103 Å². The molecule has 3 unspecified atom stereocenters. The molecule has 3 atom stereocenters. The summed E-state index contributed by atoms with van der Waals surface area (Å²) in [5.74, 6) is 0. The summed E-state index contributed by atoms with van der Waals surface area (Å²) < 4.78 is 8.20. The van der Waals surface area contributed by atoms with Crippen LogP contribution in [0.3, 0.4) is 0 Å². The predicted octanol–water partition coefficient (Wildman–Crippen LogP) is 2.35. The highest BCUT2D eigenvalue weighted by atomic mass is 16.5. The molecule has 2 heterocycles. The van der Waals surface area contributed by atoms with Crippen LogP contribution < -0.4 is 5.73 Å². The Kier molecular flexibility index (Phi) is 2.56. The zero-order valence-electron chi connectivity index (χ0n) is 10.8. The molecule has 0 saturated carbocycles. The van der Waals surface area contributed by atoms with Gasteiger partial charge in [0, 0.05) is 24.5 Å². The van der Waals surface area contributed by atoms with Gasteiger partial charge in [-0.25, -0.2) is 0 Å². The molecule has 1 aliphatic heterocycles. The fourth-order valence-corrected chi connectivity index (χ4v) is 3.35. The lowest BCUT2D eigenvalue weighted by Gasteiger charge is -2.33. The largest absolute Gasteiger partial charge is 0.376 e. The molecule has 0 spiro atoms. The van der Waals surface area contributed by atoms with Gasteiger partial charge in [0.2, 0.25) is 0 Å². The maximum Gasteiger partial charge on any atom is 0.0780 e. The summed E-state index contributed by atoms with van der Waals surface area (Å²) in [6.07, 6.45) is 7.12. The SMILES string of the molecule is CC1OCCC1(C)n1ccc2c1CCCC2N. The Morgan fingerprint density at radius 2 is 2.35 bits per heavy atom. The van der Waals surface area contributed by atoms with E-state index in [0.717, 1.165) is 19.4 Å². The monoisotopic (exact) mass is 234 g/mol.